The number of hydrogen-bond acceptors (Lipinski definition) is 4. The monoisotopic (exact) mass is 354 g/mol. The van der Waals surface area contributed by atoms with Gasteiger partial charge in [0.15, 0.2) is 5.69 Å². The van der Waals surface area contributed by atoms with E-state index in [4.69, 9.17) is 0 Å². The summed E-state index contributed by atoms with van der Waals surface area (Å²) in [7, 11) is 0. The normalized spacial score (nSPS) is 19.6. The summed E-state index contributed by atoms with van der Waals surface area (Å²) < 4.78 is 1.43. The maximum Gasteiger partial charge on any atom is 0.274 e. The number of hydrogen-bond donors (Lipinski definition) is 1. The minimum atomic E-state index is -0.137. The average molecular weight is 354 g/mol. The van der Waals surface area contributed by atoms with E-state index in [9.17, 15) is 9.59 Å². The number of amides is 1. The van der Waals surface area contributed by atoms with Crippen molar-refractivity contribution >= 4 is 16.7 Å². The Morgan fingerprint density at radius 3 is 2.46 bits per heavy atom. The SMILES string of the molecule is CC(C)n1nc(C(=O)N2CCC3(CCNC3)CC2)c2ccccc2c1=O. The molecule has 6 nitrogen and oxygen atoms in total. The van der Waals surface area contributed by atoms with Gasteiger partial charge in [0.2, 0.25) is 0 Å². The summed E-state index contributed by atoms with van der Waals surface area (Å²) >= 11 is 0. The molecule has 1 amide bonds. The summed E-state index contributed by atoms with van der Waals surface area (Å²) in [5, 5.41) is 9.14. The summed E-state index contributed by atoms with van der Waals surface area (Å²) in [5.41, 5.74) is 0.624. The Morgan fingerprint density at radius 1 is 1.15 bits per heavy atom. The number of rotatable bonds is 2. The zero-order valence-corrected chi connectivity index (χ0v) is 15.5. The van der Waals surface area contributed by atoms with Gasteiger partial charge in [-0.2, -0.15) is 5.10 Å². The van der Waals surface area contributed by atoms with Crippen LogP contribution in [0, 0.1) is 5.41 Å². The molecule has 0 radical (unpaired) electrons. The van der Waals surface area contributed by atoms with Crippen molar-refractivity contribution < 1.29 is 4.79 Å². The van der Waals surface area contributed by atoms with Crippen molar-refractivity contribution in [2.24, 2.45) is 5.41 Å². The number of carbonyl (C=O) groups excluding carboxylic acids is 1. The standard InChI is InChI=1S/C20H26N4O2/c1-14(2)24-18(25)16-6-4-3-5-15(16)17(22-24)19(26)23-11-8-20(9-12-23)7-10-21-13-20/h3-6,14,21H,7-13H2,1-2H3. The van der Waals surface area contributed by atoms with Crippen LogP contribution in [0.2, 0.25) is 0 Å². The van der Waals surface area contributed by atoms with Gasteiger partial charge in [0.05, 0.1) is 11.4 Å². The van der Waals surface area contributed by atoms with Crippen molar-refractivity contribution in [2.45, 2.75) is 39.2 Å². The first-order valence-electron chi connectivity index (χ1n) is 9.52. The molecular formula is C20H26N4O2. The zero-order chi connectivity index (χ0) is 18.3. The van der Waals surface area contributed by atoms with Crippen LogP contribution < -0.4 is 10.9 Å². The van der Waals surface area contributed by atoms with Gasteiger partial charge in [-0.1, -0.05) is 18.2 Å². The molecule has 0 aliphatic carbocycles. The Bertz CT molecular complexity index is 886. The van der Waals surface area contributed by atoms with Crippen molar-refractivity contribution in [3.63, 3.8) is 0 Å². The Labute approximate surface area is 153 Å². The van der Waals surface area contributed by atoms with Crippen molar-refractivity contribution in [3.05, 3.63) is 40.3 Å². The van der Waals surface area contributed by atoms with Crippen LogP contribution in [0.1, 0.15) is 49.6 Å². The van der Waals surface area contributed by atoms with E-state index in [2.05, 4.69) is 10.4 Å². The Hall–Kier alpha value is -2.21. The molecule has 0 unspecified atom stereocenters. The minimum absolute atomic E-state index is 0.0589. The van der Waals surface area contributed by atoms with E-state index in [1.54, 1.807) is 6.07 Å². The van der Waals surface area contributed by atoms with Crippen LogP contribution in [0.3, 0.4) is 0 Å². The lowest BCUT2D eigenvalue weighted by Gasteiger charge is -2.38. The molecule has 3 heterocycles. The van der Waals surface area contributed by atoms with E-state index < -0.39 is 0 Å². The van der Waals surface area contributed by atoms with Gasteiger partial charge in [0.1, 0.15) is 0 Å². The number of piperidine rings is 1. The van der Waals surface area contributed by atoms with Crippen LogP contribution in [0.15, 0.2) is 29.1 Å². The van der Waals surface area contributed by atoms with Crippen LogP contribution in [0.4, 0.5) is 0 Å². The second kappa shape index (κ2) is 6.50. The summed E-state index contributed by atoms with van der Waals surface area (Å²) in [4.78, 5) is 27.8. The third kappa shape index (κ3) is 2.82. The van der Waals surface area contributed by atoms with Gasteiger partial charge in [0, 0.05) is 25.0 Å². The lowest BCUT2D eigenvalue weighted by atomic mass is 9.78. The summed E-state index contributed by atoms with van der Waals surface area (Å²) in [6.07, 6.45) is 3.27. The molecule has 26 heavy (non-hydrogen) atoms. The van der Waals surface area contributed by atoms with Crippen LogP contribution in [-0.4, -0.2) is 46.8 Å². The van der Waals surface area contributed by atoms with E-state index in [-0.39, 0.29) is 17.5 Å². The maximum absolute atomic E-state index is 13.2. The van der Waals surface area contributed by atoms with E-state index in [0.717, 1.165) is 39.0 Å². The van der Waals surface area contributed by atoms with Crippen LogP contribution in [0.25, 0.3) is 10.8 Å². The number of carbonyl (C=O) groups is 1. The number of likely N-dealkylation sites (tertiary alicyclic amines) is 1. The Balaban J connectivity index is 1.69. The molecule has 2 saturated heterocycles. The van der Waals surface area contributed by atoms with Gasteiger partial charge in [-0.15, -0.1) is 0 Å². The predicted octanol–water partition coefficient (Wildman–Crippen LogP) is 2.19. The third-order valence-corrected chi connectivity index (χ3v) is 5.96. The highest BCUT2D eigenvalue weighted by molar-refractivity contribution is 6.04. The molecule has 0 bridgehead atoms. The highest BCUT2D eigenvalue weighted by atomic mass is 16.2. The Kier molecular flexibility index (Phi) is 4.31. The summed E-state index contributed by atoms with van der Waals surface area (Å²) in [6.45, 7) is 7.49. The predicted molar refractivity (Wildman–Crippen MR) is 101 cm³/mol. The molecule has 2 aliphatic heterocycles. The van der Waals surface area contributed by atoms with E-state index in [0.29, 0.717) is 21.9 Å². The first kappa shape index (κ1) is 17.2. The van der Waals surface area contributed by atoms with Gasteiger partial charge < -0.3 is 10.2 Å². The van der Waals surface area contributed by atoms with Crippen molar-refractivity contribution in [1.29, 1.82) is 0 Å². The fourth-order valence-corrected chi connectivity index (χ4v) is 4.27. The number of nitrogens with zero attached hydrogens (tertiary/aromatic N) is 3. The lowest BCUT2D eigenvalue weighted by Crippen LogP contribution is -2.44. The summed E-state index contributed by atoms with van der Waals surface area (Å²) in [6, 6.07) is 7.21. The second-order valence-electron chi connectivity index (χ2n) is 7.96. The average Bonchev–Trinajstić information content (AvgIpc) is 3.10. The molecule has 1 aromatic heterocycles. The van der Waals surface area contributed by atoms with Gasteiger partial charge in [-0.3, -0.25) is 9.59 Å². The molecule has 2 aliphatic rings. The van der Waals surface area contributed by atoms with Gasteiger partial charge in [-0.25, -0.2) is 4.68 Å². The van der Waals surface area contributed by atoms with Crippen LogP contribution in [-0.2, 0) is 0 Å². The molecule has 1 aromatic carbocycles. The third-order valence-electron chi connectivity index (χ3n) is 5.96. The molecule has 0 saturated carbocycles. The number of nitrogens with one attached hydrogen (secondary N) is 1. The van der Waals surface area contributed by atoms with Crippen molar-refractivity contribution in [3.8, 4) is 0 Å². The molecule has 0 atom stereocenters. The van der Waals surface area contributed by atoms with E-state index in [1.807, 2.05) is 36.9 Å². The fourth-order valence-electron chi connectivity index (χ4n) is 4.27. The highest BCUT2D eigenvalue weighted by Gasteiger charge is 2.38. The summed E-state index contributed by atoms with van der Waals surface area (Å²) in [5.74, 6) is -0.0589. The molecule has 2 fully saturated rings. The molecule has 138 valence electrons. The topological polar surface area (TPSA) is 67.2 Å². The molecular weight excluding hydrogens is 328 g/mol. The lowest BCUT2D eigenvalue weighted by molar-refractivity contribution is 0.0601. The first-order valence-corrected chi connectivity index (χ1v) is 9.52. The molecule has 6 heteroatoms. The molecule has 1 spiro atoms. The molecule has 4 rings (SSSR count). The second-order valence-corrected chi connectivity index (χ2v) is 7.96. The van der Waals surface area contributed by atoms with Gasteiger partial charge in [0.25, 0.3) is 11.5 Å². The van der Waals surface area contributed by atoms with Crippen molar-refractivity contribution in [2.75, 3.05) is 26.2 Å². The maximum atomic E-state index is 13.2. The largest absolute Gasteiger partial charge is 0.337 e. The smallest absolute Gasteiger partial charge is 0.274 e. The first-order chi connectivity index (χ1) is 12.5. The zero-order valence-electron chi connectivity index (χ0n) is 15.5. The highest BCUT2D eigenvalue weighted by Crippen LogP contribution is 2.37. The Morgan fingerprint density at radius 2 is 1.85 bits per heavy atom. The van der Waals surface area contributed by atoms with Crippen LogP contribution in [0.5, 0.6) is 0 Å². The fraction of sp³-hybridized carbons (Fsp3) is 0.550. The number of fused-ring (bicyclic) bond motifs is 1. The van der Waals surface area contributed by atoms with Crippen molar-refractivity contribution in [1.82, 2.24) is 20.0 Å². The molecule has 2 aromatic rings. The minimum Gasteiger partial charge on any atom is -0.337 e. The van der Waals surface area contributed by atoms with Gasteiger partial charge >= 0.3 is 0 Å². The quantitative estimate of drug-likeness (QED) is 0.898. The van der Waals surface area contributed by atoms with E-state index >= 15 is 0 Å². The molecule has 1 N–H and O–H groups in total. The number of benzene rings is 1. The van der Waals surface area contributed by atoms with Crippen LogP contribution >= 0.6 is 0 Å². The number of aromatic nitrogens is 2. The van der Waals surface area contributed by atoms with E-state index in [1.165, 1.54) is 11.1 Å². The van der Waals surface area contributed by atoms with Gasteiger partial charge in [-0.05, 0) is 51.1 Å².